The number of thiophene rings is 1. The van der Waals surface area contributed by atoms with Crippen molar-refractivity contribution in [2.75, 3.05) is 6.61 Å². The van der Waals surface area contributed by atoms with Gasteiger partial charge in [-0.3, -0.25) is 4.98 Å². The molecule has 0 aliphatic carbocycles. The highest BCUT2D eigenvalue weighted by Crippen LogP contribution is 2.34. The number of esters is 1. The van der Waals surface area contributed by atoms with Crippen LogP contribution in [0.15, 0.2) is 77.4 Å². The van der Waals surface area contributed by atoms with Crippen LogP contribution in [0.5, 0.6) is 0 Å². The molecule has 0 saturated carbocycles. The standard InChI is InChI=1S/C28H24ClFN2O3S/c1-3-35-28(33)27-13-21(16-36-27)18-4-6-19(7-5-18)24(23-9-8-22(29)14-25(23)30)15-26(32-34)20-10-11-31-17(2)12-20/h4-14,16,24,34H,3,15H2,1-2H3/b32-26-. The number of hydrogen-bond acceptors (Lipinski definition) is 6. The minimum absolute atomic E-state index is 0.253. The summed E-state index contributed by atoms with van der Waals surface area (Å²) in [4.78, 5) is 16.8. The first kappa shape index (κ1) is 25.5. The number of carbonyl (C=O) groups is 1. The zero-order chi connectivity index (χ0) is 25.7. The topological polar surface area (TPSA) is 71.8 Å². The maximum absolute atomic E-state index is 15.1. The van der Waals surface area contributed by atoms with Crippen molar-refractivity contribution in [1.82, 2.24) is 4.98 Å². The Bertz CT molecular complexity index is 1400. The fourth-order valence-corrected chi connectivity index (χ4v) is 5.00. The molecule has 1 atom stereocenters. The van der Waals surface area contributed by atoms with Gasteiger partial charge in [0.15, 0.2) is 0 Å². The first-order chi connectivity index (χ1) is 17.4. The van der Waals surface area contributed by atoms with Crippen LogP contribution >= 0.6 is 22.9 Å². The van der Waals surface area contributed by atoms with E-state index >= 15 is 4.39 Å². The molecule has 0 fully saturated rings. The van der Waals surface area contributed by atoms with E-state index in [1.54, 1.807) is 37.4 Å². The lowest BCUT2D eigenvalue weighted by Gasteiger charge is -2.20. The molecule has 36 heavy (non-hydrogen) atoms. The lowest BCUT2D eigenvalue weighted by Crippen LogP contribution is -2.12. The Labute approximate surface area is 217 Å². The highest BCUT2D eigenvalue weighted by atomic mass is 35.5. The van der Waals surface area contributed by atoms with Crippen molar-refractivity contribution in [3.05, 3.63) is 110 Å². The van der Waals surface area contributed by atoms with E-state index in [1.165, 1.54) is 17.4 Å². The van der Waals surface area contributed by atoms with Gasteiger partial charge in [-0.05, 0) is 71.8 Å². The van der Waals surface area contributed by atoms with E-state index in [0.29, 0.717) is 33.3 Å². The third-order valence-corrected chi connectivity index (χ3v) is 6.95. The average molecular weight is 523 g/mol. The maximum Gasteiger partial charge on any atom is 0.348 e. The van der Waals surface area contributed by atoms with Gasteiger partial charge >= 0.3 is 5.97 Å². The first-order valence-corrected chi connectivity index (χ1v) is 12.6. The van der Waals surface area contributed by atoms with Crippen molar-refractivity contribution in [2.24, 2.45) is 5.16 Å². The zero-order valence-electron chi connectivity index (χ0n) is 19.7. The molecule has 2 aromatic carbocycles. The summed E-state index contributed by atoms with van der Waals surface area (Å²) in [5.74, 6) is -1.21. The molecular weight excluding hydrogens is 499 g/mol. The van der Waals surface area contributed by atoms with Crippen LogP contribution in [-0.4, -0.2) is 28.5 Å². The van der Waals surface area contributed by atoms with Gasteiger partial charge in [-0.1, -0.05) is 47.1 Å². The molecule has 184 valence electrons. The molecule has 0 amide bonds. The Balaban J connectivity index is 1.69. The van der Waals surface area contributed by atoms with Crippen LogP contribution in [0.25, 0.3) is 11.1 Å². The van der Waals surface area contributed by atoms with Gasteiger partial charge in [0, 0.05) is 34.8 Å². The van der Waals surface area contributed by atoms with Crippen molar-refractivity contribution in [1.29, 1.82) is 0 Å². The van der Waals surface area contributed by atoms with E-state index in [0.717, 1.165) is 22.4 Å². The summed E-state index contributed by atoms with van der Waals surface area (Å²) in [5.41, 5.74) is 5.01. The van der Waals surface area contributed by atoms with Crippen molar-refractivity contribution in [2.45, 2.75) is 26.2 Å². The van der Waals surface area contributed by atoms with Crippen molar-refractivity contribution >= 4 is 34.6 Å². The fourth-order valence-electron chi connectivity index (χ4n) is 4.03. The van der Waals surface area contributed by atoms with Crippen LogP contribution in [0.2, 0.25) is 5.02 Å². The minimum Gasteiger partial charge on any atom is -0.462 e. The molecule has 1 unspecified atom stereocenters. The van der Waals surface area contributed by atoms with Crippen molar-refractivity contribution < 1.29 is 19.1 Å². The molecular formula is C28H24ClFN2O3S. The molecule has 0 spiro atoms. The second kappa shape index (κ2) is 11.5. The normalized spacial score (nSPS) is 12.4. The lowest BCUT2D eigenvalue weighted by atomic mass is 9.84. The van der Waals surface area contributed by atoms with Crippen LogP contribution in [0, 0.1) is 12.7 Å². The summed E-state index contributed by atoms with van der Waals surface area (Å²) in [5, 5.41) is 15.6. The molecule has 0 bridgehead atoms. The van der Waals surface area contributed by atoms with Gasteiger partial charge in [0.1, 0.15) is 10.7 Å². The number of halogens is 2. The summed E-state index contributed by atoms with van der Waals surface area (Å²) < 4.78 is 20.1. The van der Waals surface area contributed by atoms with Gasteiger partial charge < -0.3 is 9.94 Å². The lowest BCUT2D eigenvalue weighted by molar-refractivity contribution is 0.0532. The molecule has 5 nitrogen and oxygen atoms in total. The summed E-state index contributed by atoms with van der Waals surface area (Å²) in [6.45, 7) is 3.95. The van der Waals surface area contributed by atoms with Crippen LogP contribution in [0.1, 0.15) is 51.3 Å². The molecule has 2 heterocycles. The number of carbonyl (C=O) groups excluding carboxylic acids is 1. The SMILES string of the molecule is CCOC(=O)c1cc(-c2ccc(C(C/C(=N/O)c3ccnc(C)c3)c3ccc(Cl)cc3F)cc2)cs1. The molecule has 0 aliphatic heterocycles. The highest BCUT2D eigenvalue weighted by Gasteiger charge is 2.22. The largest absolute Gasteiger partial charge is 0.462 e. The minimum atomic E-state index is -0.437. The smallest absolute Gasteiger partial charge is 0.348 e. The maximum atomic E-state index is 15.1. The van der Waals surface area contributed by atoms with Crippen LogP contribution in [0.4, 0.5) is 4.39 Å². The Morgan fingerprint density at radius 1 is 1.14 bits per heavy atom. The molecule has 4 rings (SSSR count). The molecule has 4 aromatic rings. The Hall–Kier alpha value is -3.55. The third kappa shape index (κ3) is 5.80. The van der Waals surface area contributed by atoms with E-state index in [-0.39, 0.29) is 12.4 Å². The van der Waals surface area contributed by atoms with Gasteiger partial charge in [0.2, 0.25) is 0 Å². The quantitative estimate of drug-likeness (QED) is 0.113. The molecule has 2 aromatic heterocycles. The van der Waals surface area contributed by atoms with Crippen LogP contribution in [0.3, 0.4) is 0 Å². The third-order valence-electron chi connectivity index (χ3n) is 5.81. The number of rotatable bonds is 8. The number of aryl methyl sites for hydroxylation is 1. The molecule has 0 radical (unpaired) electrons. The van der Waals surface area contributed by atoms with E-state index in [4.69, 9.17) is 16.3 Å². The summed E-state index contributed by atoms with van der Waals surface area (Å²) >= 11 is 7.33. The monoisotopic (exact) mass is 522 g/mol. The Morgan fingerprint density at radius 3 is 2.58 bits per heavy atom. The predicted octanol–water partition coefficient (Wildman–Crippen LogP) is 7.49. The van der Waals surface area contributed by atoms with Crippen LogP contribution < -0.4 is 0 Å². The van der Waals surface area contributed by atoms with Gasteiger partial charge in [-0.25, -0.2) is 9.18 Å². The van der Waals surface area contributed by atoms with Crippen molar-refractivity contribution in [3.8, 4) is 11.1 Å². The number of hydrogen-bond donors (Lipinski definition) is 1. The van der Waals surface area contributed by atoms with E-state index in [1.807, 2.05) is 42.6 Å². The number of pyridine rings is 1. The van der Waals surface area contributed by atoms with Crippen LogP contribution in [-0.2, 0) is 4.74 Å². The first-order valence-electron chi connectivity index (χ1n) is 11.3. The Morgan fingerprint density at radius 2 is 1.92 bits per heavy atom. The Kier molecular flexibility index (Phi) is 8.13. The van der Waals surface area contributed by atoms with E-state index < -0.39 is 11.7 Å². The predicted molar refractivity (Wildman–Crippen MR) is 141 cm³/mol. The summed E-state index contributed by atoms with van der Waals surface area (Å²) in [7, 11) is 0. The van der Waals surface area contributed by atoms with Gasteiger partial charge in [0.05, 0.1) is 12.3 Å². The molecule has 0 aliphatic rings. The van der Waals surface area contributed by atoms with Gasteiger partial charge in [0.25, 0.3) is 0 Å². The molecule has 0 saturated heterocycles. The second-order valence-electron chi connectivity index (χ2n) is 8.20. The fraction of sp³-hybridized carbons (Fsp3) is 0.179. The van der Waals surface area contributed by atoms with Gasteiger partial charge in [-0.2, -0.15) is 0 Å². The average Bonchev–Trinajstić information content (AvgIpc) is 3.36. The summed E-state index contributed by atoms with van der Waals surface area (Å²) in [6, 6.07) is 17.7. The zero-order valence-corrected chi connectivity index (χ0v) is 21.3. The number of oxime groups is 1. The number of nitrogens with zero attached hydrogens (tertiary/aromatic N) is 2. The van der Waals surface area contributed by atoms with E-state index in [2.05, 4.69) is 10.1 Å². The summed E-state index contributed by atoms with van der Waals surface area (Å²) in [6.07, 6.45) is 1.90. The van der Waals surface area contributed by atoms with E-state index in [9.17, 15) is 10.0 Å². The molecule has 1 N–H and O–H groups in total. The highest BCUT2D eigenvalue weighted by molar-refractivity contribution is 7.12. The number of ether oxygens (including phenoxy) is 1. The second-order valence-corrected chi connectivity index (χ2v) is 9.54. The van der Waals surface area contributed by atoms with Gasteiger partial charge in [-0.15, -0.1) is 11.3 Å². The number of benzene rings is 2. The molecule has 8 heteroatoms. The van der Waals surface area contributed by atoms with Crippen molar-refractivity contribution in [3.63, 3.8) is 0 Å². The number of aromatic nitrogens is 1.